The Morgan fingerprint density at radius 3 is 2.69 bits per heavy atom. The lowest BCUT2D eigenvalue weighted by atomic mass is 10.3. The lowest BCUT2D eigenvalue weighted by Gasteiger charge is -2.12. The van der Waals surface area contributed by atoms with Crippen molar-refractivity contribution in [2.75, 3.05) is 18.9 Å². The highest BCUT2D eigenvalue weighted by Crippen LogP contribution is 2.27. The number of rotatable bonds is 4. The van der Waals surface area contributed by atoms with Crippen LogP contribution in [0.4, 0.5) is 19.1 Å². The largest absolute Gasteiger partial charge is 0.433 e. The van der Waals surface area contributed by atoms with Crippen LogP contribution in [0.3, 0.4) is 0 Å². The number of halogens is 3. The summed E-state index contributed by atoms with van der Waals surface area (Å²) < 4.78 is 36.9. The molecule has 90 valence electrons. The van der Waals surface area contributed by atoms with Crippen LogP contribution in [0.5, 0.6) is 0 Å². The standard InChI is InChI=1S/C9H13F3N4/c1-6(13-2)5-15-8-14-4-3-7(16-8)9(10,11)12/h3-4,6,13H,5H2,1-2H3,(H,14,15,16). The Morgan fingerprint density at radius 2 is 2.12 bits per heavy atom. The molecule has 1 atom stereocenters. The molecule has 0 fully saturated rings. The Hall–Kier alpha value is -1.37. The van der Waals surface area contributed by atoms with E-state index in [1.54, 1.807) is 7.05 Å². The third-order valence-corrected chi connectivity index (χ3v) is 2.01. The number of likely N-dealkylation sites (N-methyl/N-ethyl adjacent to an activating group) is 1. The molecule has 0 saturated carbocycles. The van der Waals surface area contributed by atoms with E-state index in [1.165, 1.54) is 0 Å². The fourth-order valence-corrected chi connectivity index (χ4v) is 0.948. The third kappa shape index (κ3) is 3.65. The van der Waals surface area contributed by atoms with Crippen molar-refractivity contribution < 1.29 is 13.2 Å². The average Bonchev–Trinajstić information content (AvgIpc) is 2.25. The van der Waals surface area contributed by atoms with Crippen molar-refractivity contribution in [2.45, 2.75) is 19.1 Å². The average molecular weight is 234 g/mol. The smallest absolute Gasteiger partial charge is 0.353 e. The molecule has 0 bridgehead atoms. The fraction of sp³-hybridized carbons (Fsp3) is 0.556. The molecule has 0 spiro atoms. The molecule has 0 aliphatic rings. The van der Waals surface area contributed by atoms with Gasteiger partial charge >= 0.3 is 6.18 Å². The number of alkyl halides is 3. The molecule has 16 heavy (non-hydrogen) atoms. The Kier molecular flexibility index (Phi) is 4.05. The van der Waals surface area contributed by atoms with Crippen molar-refractivity contribution in [3.63, 3.8) is 0 Å². The highest BCUT2D eigenvalue weighted by Gasteiger charge is 2.32. The molecule has 0 aliphatic heterocycles. The molecular formula is C9H13F3N4. The minimum Gasteiger partial charge on any atom is -0.353 e. The van der Waals surface area contributed by atoms with Gasteiger partial charge in [-0.15, -0.1) is 0 Å². The molecular weight excluding hydrogens is 221 g/mol. The highest BCUT2D eigenvalue weighted by molar-refractivity contribution is 5.26. The first-order chi connectivity index (χ1) is 7.43. The second-order valence-electron chi connectivity index (χ2n) is 3.33. The van der Waals surface area contributed by atoms with E-state index in [1.807, 2.05) is 6.92 Å². The maximum Gasteiger partial charge on any atom is 0.433 e. The summed E-state index contributed by atoms with van der Waals surface area (Å²) in [5, 5.41) is 5.66. The van der Waals surface area contributed by atoms with Crippen molar-refractivity contribution in [3.8, 4) is 0 Å². The fourth-order valence-electron chi connectivity index (χ4n) is 0.948. The summed E-state index contributed by atoms with van der Waals surface area (Å²) >= 11 is 0. The van der Waals surface area contributed by atoms with Gasteiger partial charge in [0.1, 0.15) is 5.69 Å². The number of nitrogens with zero attached hydrogens (tertiary/aromatic N) is 2. The first kappa shape index (κ1) is 12.7. The van der Waals surface area contributed by atoms with Gasteiger partial charge in [-0.1, -0.05) is 0 Å². The molecule has 0 radical (unpaired) electrons. The van der Waals surface area contributed by atoms with Crippen LogP contribution >= 0.6 is 0 Å². The molecule has 0 aromatic carbocycles. The van der Waals surface area contributed by atoms with Gasteiger partial charge in [-0.05, 0) is 20.0 Å². The van der Waals surface area contributed by atoms with Crippen LogP contribution in [-0.4, -0.2) is 29.6 Å². The molecule has 1 heterocycles. The monoisotopic (exact) mass is 234 g/mol. The highest BCUT2D eigenvalue weighted by atomic mass is 19.4. The van der Waals surface area contributed by atoms with Crippen molar-refractivity contribution in [1.29, 1.82) is 0 Å². The van der Waals surface area contributed by atoms with Crippen LogP contribution in [0.15, 0.2) is 12.3 Å². The van der Waals surface area contributed by atoms with Gasteiger partial charge < -0.3 is 10.6 Å². The molecule has 0 amide bonds. The number of aromatic nitrogens is 2. The van der Waals surface area contributed by atoms with Crippen molar-refractivity contribution in [2.24, 2.45) is 0 Å². The van der Waals surface area contributed by atoms with Crippen molar-refractivity contribution in [1.82, 2.24) is 15.3 Å². The molecule has 1 aromatic heterocycles. The molecule has 2 N–H and O–H groups in total. The van der Waals surface area contributed by atoms with Gasteiger partial charge in [-0.2, -0.15) is 13.2 Å². The predicted octanol–water partition coefficient (Wildman–Crippen LogP) is 1.52. The van der Waals surface area contributed by atoms with E-state index in [9.17, 15) is 13.2 Å². The van der Waals surface area contributed by atoms with Gasteiger partial charge in [0.25, 0.3) is 0 Å². The Labute approximate surface area is 91.3 Å². The van der Waals surface area contributed by atoms with Crippen molar-refractivity contribution in [3.05, 3.63) is 18.0 Å². The molecule has 1 unspecified atom stereocenters. The number of anilines is 1. The molecule has 1 aromatic rings. The number of hydrogen-bond donors (Lipinski definition) is 2. The maximum atomic E-state index is 12.3. The number of hydrogen-bond acceptors (Lipinski definition) is 4. The molecule has 4 nitrogen and oxygen atoms in total. The zero-order chi connectivity index (χ0) is 12.2. The van der Waals surface area contributed by atoms with Gasteiger partial charge in [-0.3, -0.25) is 0 Å². The lowest BCUT2D eigenvalue weighted by Crippen LogP contribution is -2.30. The topological polar surface area (TPSA) is 49.8 Å². The van der Waals surface area contributed by atoms with Crippen LogP contribution < -0.4 is 10.6 Å². The Bertz CT molecular complexity index is 340. The van der Waals surface area contributed by atoms with E-state index in [-0.39, 0.29) is 12.0 Å². The van der Waals surface area contributed by atoms with E-state index in [4.69, 9.17) is 0 Å². The summed E-state index contributed by atoms with van der Waals surface area (Å²) in [5.41, 5.74) is -0.942. The first-order valence-electron chi connectivity index (χ1n) is 4.75. The van der Waals surface area contributed by atoms with Gasteiger partial charge in [0.2, 0.25) is 5.95 Å². The summed E-state index contributed by atoms with van der Waals surface area (Å²) in [4.78, 5) is 7.08. The minimum atomic E-state index is -4.44. The Morgan fingerprint density at radius 1 is 1.44 bits per heavy atom. The van der Waals surface area contributed by atoms with Crippen LogP contribution in [0.25, 0.3) is 0 Å². The quantitative estimate of drug-likeness (QED) is 0.829. The van der Waals surface area contributed by atoms with E-state index in [2.05, 4.69) is 20.6 Å². The predicted molar refractivity (Wildman–Crippen MR) is 54.0 cm³/mol. The van der Waals surface area contributed by atoms with E-state index in [0.29, 0.717) is 6.54 Å². The maximum absolute atomic E-state index is 12.3. The summed E-state index contributed by atoms with van der Waals surface area (Å²) in [5.74, 6) is -0.0167. The second-order valence-corrected chi connectivity index (χ2v) is 3.33. The van der Waals surface area contributed by atoms with E-state index in [0.717, 1.165) is 12.3 Å². The lowest BCUT2D eigenvalue weighted by molar-refractivity contribution is -0.141. The summed E-state index contributed by atoms with van der Waals surface area (Å²) in [6, 6.07) is 0.963. The van der Waals surface area contributed by atoms with Crippen LogP contribution in [0, 0.1) is 0 Å². The van der Waals surface area contributed by atoms with Gasteiger partial charge in [0.05, 0.1) is 0 Å². The van der Waals surface area contributed by atoms with E-state index >= 15 is 0 Å². The normalized spacial score (nSPS) is 13.6. The van der Waals surface area contributed by atoms with Gasteiger partial charge in [-0.25, -0.2) is 9.97 Å². The summed E-state index contributed by atoms with van der Waals surface area (Å²) in [6.45, 7) is 2.35. The zero-order valence-corrected chi connectivity index (χ0v) is 8.97. The molecule has 7 heteroatoms. The van der Waals surface area contributed by atoms with Crippen molar-refractivity contribution >= 4 is 5.95 Å². The SMILES string of the molecule is CNC(C)CNc1nccc(C(F)(F)F)n1. The van der Waals surface area contributed by atoms with Gasteiger partial charge in [0, 0.05) is 18.8 Å². The number of nitrogens with one attached hydrogen (secondary N) is 2. The molecule has 0 saturated heterocycles. The summed E-state index contributed by atoms with van der Waals surface area (Å²) in [7, 11) is 1.76. The first-order valence-corrected chi connectivity index (χ1v) is 4.75. The third-order valence-electron chi connectivity index (χ3n) is 2.01. The van der Waals surface area contributed by atoms with E-state index < -0.39 is 11.9 Å². The minimum absolute atomic E-state index is 0.0167. The molecule has 0 aliphatic carbocycles. The second kappa shape index (κ2) is 5.11. The Balaban J connectivity index is 2.68. The van der Waals surface area contributed by atoms with Gasteiger partial charge in [0.15, 0.2) is 0 Å². The molecule has 1 rings (SSSR count). The van der Waals surface area contributed by atoms with Crippen LogP contribution in [-0.2, 0) is 6.18 Å². The van der Waals surface area contributed by atoms with Crippen LogP contribution in [0.2, 0.25) is 0 Å². The van der Waals surface area contributed by atoms with Crippen LogP contribution in [0.1, 0.15) is 12.6 Å². The zero-order valence-electron chi connectivity index (χ0n) is 8.97. The summed E-state index contributed by atoms with van der Waals surface area (Å²) in [6.07, 6.45) is -3.35.